The molecule has 1 aliphatic heterocycles. The van der Waals surface area contributed by atoms with Gasteiger partial charge < -0.3 is 20.1 Å². The van der Waals surface area contributed by atoms with E-state index in [-0.39, 0.29) is 0 Å². The molecule has 0 fully saturated rings. The Morgan fingerprint density at radius 3 is 2.04 bits per heavy atom. The first-order valence-corrected chi connectivity index (χ1v) is 7.75. The van der Waals surface area contributed by atoms with Crippen LogP contribution in [0.15, 0.2) is 36.4 Å². The van der Waals surface area contributed by atoms with Gasteiger partial charge in [-0.1, -0.05) is 23.2 Å². The molecule has 0 radical (unpaired) electrons. The van der Waals surface area contributed by atoms with Crippen molar-refractivity contribution in [1.29, 1.82) is 0 Å². The van der Waals surface area contributed by atoms with Crippen LogP contribution in [0.5, 0.6) is 11.5 Å². The van der Waals surface area contributed by atoms with Crippen molar-refractivity contribution in [3.8, 4) is 11.5 Å². The lowest BCUT2D eigenvalue weighted by molar-refractivity contribution is -0.133. The van der Waals surface area contributed by atoms with Crippen molar-refractivity contribution in [2.45, 2.75) is 0 Å². The van der Waals surface area contributed by atoms with Gasteiger partial charge in [-0.25, -0.2) is 0 Å². The van der Waals surface area contributed by atoms with Gasteiger partial charge in [-0.2, -0.15) is 0 Å². The van der Waals surface area contributed by atoms with Gasteiger partial charge in [0, 0.05) is 27.5 Å². The third kappa shape index (κ3) is 3.90. The number of rotatable bonds is 2. The zero-order valence-electron chi connectivity index (χ0n) is 12.3. The Hall–Kier alpha value is -2.44. The third-order valence-corrected chi connectivity index (χ3v) is 3.56. The van der Waals surface area contributed by atoms with Crippen LogP contribution in [0, 0.1) is 0 Å². The topological polar surface area (TPSA) is 76.7 Å². The molecular weight excluding hydrogens is 355 g/mol. The van der Waals surface area contributed by atoms with Gasteiger partial charge in [0.05, 0.1) is 0 Å². The van der Waals surface area contributed by atoms with E-state index < -0.39 is 11.8 Å². The van der Waals surface area contributed by atoms with Crippen LogP contribution in [0.1, 0.15) is 0 Å². The molecule has 2 aromatic carbocycles. The molecule has 1 heterocycles. The van der Waals surface area contributed by atoms with Gasteiger partial charge in [-0.05, 0) is 30.3 Å². The molecule has 2 aromatic rings. The largest absolute Gasteiger partial charge is 0.486 e. The van der Waals surface area contributed by atoms with Crippen LogP contribution in [0.25, 0.3) is 0 Å². The number of hydrogen-bond acceptors (Lipinski definition) is 4. The van der Waals surface area contributed by atoms with Crippen molar-refractivity contribution in [3.63, 3.8) is 0 Å². The normalized spacial score (nSPS) is 12.4. The number of fused-ring (bicyclic) bond motifs is 1. The minimum absolute atomic E-state index is 0.329. The van der Waals surface area contributed by atoms with Gasteiger partial charge in [-0.3, -0.25) is 9.59 Å². The monoisotopic (exact) mass is 366 g/mol. The third-order valence-electron chi connectivity index (χ3n) is 3.13. The lowest BCUT2D eigenvalue weighted by Gasteiger charge is -2.18. The Labute approximate surface area is 147 Å². The summed E-state index contributed by atoms with van der Waals surface area (Å²) in [7, 11) is 0. The Morgan fingerprint density at radius 1 is 0.792 bits per heavy atom. The minimum Gasteiger partial charge on any atom is -0.486 e. The van der Waals surface area contributed by atoms with E-state index in [2.05, 4.69) is 10.6 Å². The van der Waals surface area contributed by atoms with Crippen LogP contribution >= 0.6 is 23.2 Å². The van der Waals surface area contributed by atoms with Gasteiger partial charge in [0.1, 0.15) is 13.2 Å². The van der Waals surface area contributed by atoms with Gasteiger partial charge in [0.25, 0.3) is 0 Å². The Balaban J connectivity index is 1.67. The van der Waals surface area contributed by atoms with Crippen LogP contribution < -0.4 is 20.1 Å². The van der Waals surface area contributed by atoms with Crippen molar-refractivity contribution in [1.82, 2.24) is 0 Å². The first-order valence-electron chi connectivity index (χ1n) is 6.99. The lowest BCUT2D eigenvalue weighted by atomic mass is 10.2. The first-order chi connectivity index (χ1) is 11.5. The molecule has 124 valence electrons. The van der Waals surface area contributed by atoms with Crippen LogP contribution in [0.4, 0.5) is 11.4 Å². The second-order valence-corrected chi connectivity index (χ2v) is 5.80. The van der Waals surface area contributed by atoms with Gasteiger partial charge in [0.2, 0.25) is 0 Å². The quantitative estimate of drug-likeness (QED) is 0.799. The molecule has 0 bridgehead atoms. The summed E-state index contributed by atoms with van der Waals surface area (Å²) >= 11 is 11.7. The summed E-state index contributed by atoms with van der Waals surface area (Å²) in [4.78, 5) is 24.0. The highest BCUT2D eigenvalue weighted by Gasteiger charge is 2.17. The molecule has 2 amide bonds. The Morgan fingerprint density at radius 2 is 1.38 bits per heavy atom. The second-order valence-electron chi connectivity index (χ2n) is 4.92. The van der Waals surface area contributed by atoms with E-state index in [1.165, 1.54) is 18.2 Å². The van der Waals surface area contributed by atoms with E-state index >= 15 is 0 Å². The number of benzene rings is 2. The zero-order valence-corrected chi connectivity index (χ0v) is 13.8. The molecule has 2 N–H and O–H groups in total. The van der Waals surface area contributed by atoms with E-state index in [0.717, 1.165) is 0 Å². The number of anilines is 2. The molecule has 3 rings (SSSR count). The summed E-state index contributed by atoms with van der Waals surface area (Å²) in [6.45, 7) is 0.906. The average Bonchev–Trinajstić information content (AvgIpc) is 2.53. The van der Waals surface area contributed by atoms with E-state index in [0.29, 0.717) is 46.1 Å². The van der Waals surface area contributed by atoms with Gasteiger partial charge in [0.15, 0.2) is 11.5 Å². The fourth-order valence-electron chi connectivity index (χ4n) is 2.12. The average molecular weight is 367 g/mol. The number of halogens is 2. The molecule has 0 saturated carbocycles. The van der Waals surface area contributed by atoms with E-state index in [1.54, 1.807) is 18.2 Å². The second kappa shape index (κ2) is 6.98. The molecule has 1 aliphatic rings. The Bertz CT molecular complexity index is 790. The first kappa shape index (κ1) is 16.4. The fourth-order valence-corrected chi connectivity index (χ4v) is 2.65. The maximum absolute atomic E-state index is 12.0. The van der Waals surface area contributed by atoms with Gasteiger partial charge >= 0.3 is 11.8 Å². The predicted octanol–water partition coefficient (Wildman–Crippen LogP) is 3.34. The molecule has 24 heavy (non-hydrogen) atoms. The fraction of sp³-hybridized carbons (Fsp3) is 0.125. The van der Waals surface area contributed by atoms with E-state index in [1.807, 2.05) is 0 Å². The van der Waals surface area contributed by atoms with Crippen molar-refractivity contribution in [3.05, 3.63) is 46.4 Å². The molecule has 0 aromatic heterocycles. The van der Waals surface area contributed by atoms with E-state index in [9.17, 15) is 9.59 Å². The predicted molar refractivity (Wildman–Crippen MR) is 91.2 cm³/mol. The molecule has 0 aliphatic carbocycles. The van der Waals surface area contributed by atoms with Gasteiger partial charge in [-0.15, -0.1) is 0 Å². The number of amides is 2. The number of carbonyl (C=O) groups is 2. The van der Waals surface area contributed by atoms with Crippen LogP contribution in [0.2, 0.25) is 10.0 Å². The van der Waals surface area contributed by atoms with Crippen molar-refractivity contribution in [2.24, 2.45) is 0 Å². The van der Waals surface area contributed by atoms with Crippen LogP contribution in [0.3, 0.4) is 0 Å². The minimum atomic E-state index is -0.844. The highest BCUT2D eigenvalue weighted by atomic mass is 35.5. The number of ether oxygens (including phenoxy) is 2. The molecular formula is C16H12Cl2N2O4. The van der Waals surface area contributed by atoms with Crippen molar-refractivity contribution < 1.29 is 19.1 Å². The van der Waals surface area contributed by atoms with Crippen LogP contribution in [-0.2, 0) is 9.59 Å². The maximum atomic E-state index is 12.0. The zero-order chi connectivity index (χ0) is 17.1. The summed E-state index contributed by atoms with van der Waals surface area (Å²) in [6.07, 6.45) is 0. The van der Waals surface area contributed by atoms with Crippen molar-refractivity contribution >= 4 is 46.4 Å². The standard InChI is InChI=1S/C16H12Cl2N2O4/c17-9-5-10(18)7-12(6-9)20-16(22)15(21)19-11-1-2-13-14(8-11)24-4-3-23-13/h1-2,5-8H,3-4H2,(H,19,21)(H,20,22). The summed E-state index contributed by atoms with van der Waals surface area (Å²) in [5.41, 5.74) is 0.748. The highest BCUT2D eigenvalue weighted by molar-refractivity contribution is 6.44. The molecule has 0 saturated heterocycles. The summed E-state index contributed by atoms with van der Waals surface area (Å²) in [6, 6.07) is 9.38. The molecule has 8 heteroatoms. The number of nitrogens with one attached hydrogen (secondary N) is 2. The number of carbonyl (C=O) groups excluding carboxylic acids is 2. The molecule has 0 spiro atoms. The molecule has 6 nitrogen and oxygen atoms in total. The van der Waals surface area contributed by atoms with E-state index in [4.69, 9.17) is 32.7 Å². The summed E-state index contributed by atoms with van der Waals surface area (Å²) < 4.78 is 10.8. The molecule has 0 atom stereocenters. The lowest BCUT2D eigenvalue weighted by Crippen LogP contribution is -2.29. The smallest absolute Gasteiger partial charge is 0.314 e. The maximum Gasteiger partial charge on any atom is 0.314 e. The summed E-state index contributed by atoms with van der Waals surface area (Å²) in [5, 5.41) is 5.62. The molecule has 0 unspecified atom stereocenters. The summed E-state index contributed by atoms with van der Waals surface area (Å²) in [5.74, 6) is -0.565. The SMILES string of the molecule is O=C(Nc1cc(Cl)cc(Cl)c1)C(=O)Nc1ccc2c(c1)OCCO2. The Kier molecular flexibility index (Phi) is 4.78. The van der Waals surface area contributed by atoms with Crippen LogP contribution in [-0.4, -0.2) is 25.0 Å². The number of hydrogen-bond donors (Lipinski definition) is 2. The van der Waals surface area contributed by atoms with Crippen molar-refractivity contribution in [2.75, 3.05) is 23.8 Å². The highest BCUT2D eigenvalue weighted by Crippen LogP contribution is 2.32.